The molecule has 0 aliphatic carbocycles. The van der Waals surface area contributed by atoms with Gasteiger partial charge in [0, 0.05) is 24.0 Å². The maximum Gasteiger partial charge on any atom is 0.310 e. The highest BCUT2D eigenvalue weighted by Gasteiger charge is 2.40. The highest BCUT2D eigenvalue weighted by Crippen LogP contribution is 2.43. The minimum atomic E-state index is -1.06. The number of hydrogen-bond donors (Lipinski definition) is 2. The number of carbonyl (C=O) groups is 1. The van der Waals surface area contributed by atoms with Crippen LogP contribution in [0.1, 0.15) is 47.8 Å². The summed E-state index contributed by atoms with van der Waals surface area (Å²) in [5.41, 5.74) is 3.95. The Morgan fingerprint density at radius 2 is 1.89 bits per heavy atom. The van der Waals surface area contributed by atoms with Gasteiger partial charge in [0.2, 0.25) is 0 Å². The molecule has 0 fully saturated rings. The van der Waals surface area contributed by atoms with Crippen LogP contribution in [-0.2, 0) is 18.4 Å². The molecule has 3 rings (SSSR count). The molecule has 1 unspecified atom stereocenters. The summed E-state index contributed by atoms with van der Waals surface area (Å²) in [5.74, 6) is -1.30. The Balaban J connectivity index is 2.29. The number of aliphatic carboxylic acids is 1. The molecular weight excluding hydrogens is 342 g/mol. The van der Waals surface area contributed by atoms with Gasteiger partial charge in [-0.1, -0.05) is 18.2 Å². The summed E-state index contributed by atoms with van der Waals surface area (Å²) in [6.45, 7) is 7.19. The number of aromatic nitrogens is 3. The topological polar surface area (TPSA) is 88.2 Å². The third-order valence-corrected chi connectivity index (χ3v) is 5.38. The van der Waals surface area contributed by atoms with Crippen LogP contribution in [-0.4, -0.2) is 30.9 Å². The van der Waals surface area contributed by atoms with Gasteiger partial charge in [-0.2, -0.15) is 5.10 Å². The molecule has 2 heterocycles. The fourth-order valence-corrected chi connectivity index (χ4v) is 3.65. The highest BCUT2D eigenvalue weighted by atomic mass is 16.4. The molecule has 2 N–H and O–H groups in total. The Bertz CT molecular complexity index is 1020. The molecule has 0 aliphatic heterocycles. The summed E-state index contributed by atoms with van der Waals surface area (Å²) in [7, 11) is 1.88. The van der Waals surface area contributed by atoms with Crippen LogP contribution in [0.25, 0.3) is 11.0 Å². The standard InChI is InChI=1S/C21H25N3O3/c1-12-6-7-14(9-16(12)11-25)18(21(3,4)20(26)27)17-10-15-8-13(2)22-23-19(15)24(17)5/h6-10,18,25H,11H2,1-5H3,(H,26,27). The molecular formula is C21H25N3O3. The lowest BCUT2D eigenvalue weighted by Gasteiger charge is -2.32. The largest absolute Gasteiger partial charge is 0.481 e. The molecule has 0 bridgehead atoms. The molecule has 3 aromatic rings. The Labute approximate surface area is 158 Å². The van der Waals surface area contributed by atoms with Gasteiger partial charge in [0.15, 0.2) is 5.65 Å². The summed E-state index contributed by atoms with van der Waals surface area (Å²) in [5, 5.41) is 28.9. The molecule has 0 amide bonds. The lowest BCUT2D eigenvalue weighted by atomic mass is 9.72. The predicted molar refractivity (Wildman–Crippen MR) is 104 cm³/mol. The third kappa shape index (κ3) is 3.21. The molecule has 0 saturated carbocycles. The van der Waals surface area contributed by atoms with Crippen molar-refractivity contribution in [3.8, 4) is 0 Å². The number of aliphatic hydroxyl groups is 1. The van der Waals surface area contributed by atoms with E-state index < -0.39 is 17.3 Å². The zero-order valence-corrected chi connectivity index (χ0v) is 16.3. The maximum atomic E-state index is 12.1. The number of hydrogen-bond acceptors (Lipinski definition) is 4. The highest BCUT2D eigenvalue weighted by molar-refractivity contribution is 5.80. The van der Waals surface area contributed by atoms with Gasteiger partial charge in [0.05, 0.1) is 17.7 Å². The molecule has 0 aliphatic rings. The third-order valence-electron chi connectivity index (χ3n) is 5.38. The molecule has 6 nitrogen and oxygen atoms in total. The van der Waals surface area contributed by atoms with E-state index in [2.05, 4.69) is 10.2 Å². The lowest BCUT2D eigenvalue weighted by molar-refractivity contribution is -0.147. The van der Waals surface area contributed by atoms with Gasteiger partial charge in [-0.05, 0) is 56.5 Å². The predicted octanol–water partition coefficient (Wildman–Crippen LogP) is 3.32. The fraction of sp³-hybridized carbons (Fsp3) is 0.381. The molecule has 2 aromatic heterocycles. The van der Waals surface area contributed by atoms with E-state index >= 15 is 0 Å². The molecule has 27 heavy (non-hydrogen) atoms. The second-order valence-electron chi connectivity index (χ2n) is 7.70. The number of rotatable bonds is 5. The van der Waals surface area contributed by atoms with Gasteiger partial charge in [-0.3, -0.25) is 4.79 Å². The van der Waals surface area contributed by atoms with Crippen molar-refractivity contribution < 1.29 is 15.0 Å². The number of carboxylic acids is 1. The number of nitrogens with zero attached hydrogens (tertiary/aromatic N) is 3. The first kappa shape index (κ1) is 19.0. The first-order valence-corrected chi connectivity index (χ1v) is 8.90. The number of fused-ring (bicyclic) bond motifs is 1. The van der Waals surface area contributed by atoms with Crippen molar-refractivity contribution in [3.05, 3.63) is 58.4 Å². The van der Waals surface area contributed by atoms with Crippen LogP contribution in [0.3, 0.4) is 0 Å². The summed E-state index contributed by atoms with van der Waals surface area (Å²) in [6.07, 6.45) is 0. The van der Waals surface area contributed by atoms with Crippen LogP contribution in [0, 0.1) is 19.3 Å². The van der Waals surface area contributed by atoms with Crippen molar-refractivity contribution in [1.29, 1.82) is 0 Å². The van der Waals surface area contributed by atoms with Crippen LogP contribution in [0.4, 0.5) is 0 Å². The van der Waals surface area contributed by atoms with E-state index in [4.69, 9.17) is 0 Å². The zero-order valence-electron chi connectivity index (χ0n) is 16.3. The van der Waals surface area contributed by atoms with Crippen LogP contribution < -0.4 is 0 Å². The zero-order chi connectivity index (χ0) is 19.9. The molecule has 1 aromatic carbocycles. The van der Waals surface area contributed by atoms with E-state index in [9.17, 15) is 15.0 Å². The van der Waals surface area contributed by atoms with Crippen molar-refractivity contribution in [2.45, 2.75) is 40.2 Å². The lowest BCUT2D eigenvalue weighted by Crippen LogP contribution is -2.33. The first-order chi connectivity index (χ1) is 12.7. The molecule has 0 saturated heterocycles. The van der Waals surface area contributed by atoms with E-state index in [1.807, 2.05) is 55.8 Å². The van der Waals surface area contributed by atoms with Gasteiger partial charge >= 0.3 is 5.97 Å². The molecule has 1 atom stereocenters. The van der Waals surface area contributed by atoms with Crippen molar-refractivity contribution >= 4 is 17.0 Å². The van der Waals surface area contributed by atoms with Crippen LogP contribution in [0.2, 0.25) is 0 Å². The Hall–Kier alpha value is -2.73. The van der Waals surface area contributed by atoms with Crippen molar-refractivity contribution in [3.63, 3.8) is 0 Å². The van der Waals surface area contributed by atoms with Crippen molar-refractivity contribution in [2.75, 3.05) is 0 Å². The maximum absolute atomic E-state index is 12.1. The summed E-state index contributed by atoms with van der Waals surface area (Å²) in [4.78, 5) is 12.1. The minimum Gasteiger partial charge on any atom is -0.481 e. The Kier molecular flexibility index (Phi) is 4.78. The monoisotopic (exact) mass is 367 g/mol. The van der Waals surface area contributed by atoms with Crippen molar-refractivity contribution in [2.24, 2.45) is 12.5 Å². The average Bonchev–Trinajstić information content (AvgIpc) is 2.91. The van der Waals surface area contributed by atoms with E-state index in [0.717, 1.165) is 39.1 Å². The number of aliphatic hydroxyl groups excluding tert-OH is 1. The van der Waals surface area contributed by atoms with Gasteiger partial charge in [0.25, 0.3) is 0 Å². The second kappa shape index (κ2) is 6.78. The molecule has 0 radical (unpaired) electrons. The van der Waals surface area contributed by atoms with E-state index in [1.165, 1.54) is 0 Å². The Morgan fingerprint density at radius 1 is 1.19 bits per heavy atom. The SMILES string of the molecule is Cc1cc2cc(C(c3ccc(C)c(CO)c3)C(C)(C)C(=O)O)n(C)c2nn1. The second-order valence-corrected chi connectivity index (χ2v) is 7.70. The number of aryl methyl sites for hydroxylation is 3. The summed E-state index contributed by atoms with van der Waals surface area (Å²) in [6, 6.07) is 9.71. The minimum absolute atomic E-state index is 0.0837. The molecule has 0 spiro atoms. The number of benzene rings is 1. The van der Waals surface area contributed by atoms with Crippen LogP contribution >= 0.6 is 0 Å². The van der Waals surface area contributed by atoms with Gasteiger partial charge in [0.1, 0.15) is 0 Å². The quantitative estimate of drug-likeness (QED) is 0.722. The van der Waals surface area contributed by atoms with Gasteiger partial charge in [-0.25, -0.2) is 0 Å². The molecule has 6 heteroatoms. The fourth-order valence-electron chi connectivity index (χ4n) is 3.65. The van der Waals surface area contributed by atoms with Crippen molar-refractivity contribution in [1.82, 2.24) is 14.8 Å². The number of carboxylic acid groups (broad SMARTS) is 1. The summed E-state index contributed by atoms with van der Waals surface area (Å²) >= 11 is 0. The Morgan fingerprint density at radius 3 is 2.52 bits per heavy atom. The van der Waals surface area contributed by atoms with Gasteiger partial charge < -0.3 is 14.8 Å². The first-order valence-electron chi connectivity index (χ1n) is 8.90. The van der Waals surface area contributed by atoms with E-state index in [0.29, 0.717) is 0 Å². The van der Waals surface area contributed by atoms with E-state index in [-0.39, 0.29) is 6.61 Å². The smallest absolute Gasteiger partial charge is 0.310 e. The molecule has 142 valence electrons. The van der Waals surface area contributed by atoms with Crippen LogP contribution in [0.5, 0.6) is 0 Å². The van der Waals surface area contributed by atoms with E-state index in [1.54, 1.807) is 13.8 Å². The average molecular weight is 367 g/mol. The van der Waals surface area contributed by atoms with Gasteiger partial charge in [-0.15, -0.1) is 5.10 Å². The normalized spacial score (nSPS) is 13.1. The summed E-state index contributed by atoms with van der Waals surface area (Å²) < 4.78 is 1.91. The van der Waals surface area contributed by atoms with Crippen LogP contribution in [0.15, 0.2) is 30.3 Å².